The van der Waals surface area contributed by atoms with Gasteiger partial charge in [0.1, 0.15) is 0 Å². The lowest BCUT2D eigenvalue weighted by molar-refractivity contribution is 0.484. The summed E-state index contributed by atoms with van der Waals surface area (Å²) in [7, 11) is 0. The van der Waals surface area contributed by atoms with E-state index in [-0.39, 0.29) is 0 Å². The largest absolute Gasteiger partial charge is 0.310 e. The summed E-state index contributed by atoms with van der Waals surface area (Å²) in [6.45, 7) is 5.57. The standard InChI is InChI=1S/C17H25NS/c1-3-4-5-6-9-14(2)18-12-15-13-19-17-11-8-7-10-16(15)17/h7-8,10-11,13-14,18H,3-6,9,12H2,1-2H3. The molecule has 1 heterocycles. The molecule has 1 N–H and O–H groups in total. The third-order valence-electron chi connectivity index (χ3n) is 3.69. The van der Waals surface area contributed by atoms with Gasteiger partial charge in [-0.05, 0) is 35.7 Å². The molecule has 1 unspecified atom stereocenters. The van der Waals surface area contributed by atoms with Crippen LogP contribution in [0.5, 0.6) is 0 Å². The number of benzene rings is 1. The average Bonchev–Trinajstić information content (AvgIpc) is 2.85. The van der Waals surface area contributed by atoms with E-state index in [1.54, 1.807) is 0 Å². The van der Waals surface area contributed by atoms with Crippen molar-refractivity contribution >= 4 is 21.4 Å². The second-order valence-electron chi connectivity index (χ2n) is 5.39. The van der Waals surface area contributed by atoms with Gasteiger partial charge in [-0.25, -0.2) is 0 Å². The summed E-state index contributed by atoms with van der Waals surface area (Å²) in [4.78, 5) is 0. The highest BCUT2D eigenvalue weighted by molar-refractivity contribution is 7.17. The van der Waals surface area contributed by atoms with Gasteiger partial charge in [-0.1, -0.05) is 50.8 Å². The first-order valence-electron chi connectivity index (χ1n) is 7.49. The Balaban J connectivity index is 1.78. The minimum atomic E-state index is 0.621. The van der Waals surface area contributed by atoms with Crippen LogP contribution in [0, 0.1) is 0 Å². The van der Waals surface area contributed by atoms with E-state index in [1.165, 1.54) is 47.8 Å². The summed E-state index contributed by atoms with van der Waals surface area (Å²) in [5.41, 5.74) is 1.45. The number of fused-ring (bicyclic) bond motifs is 1. The summed E-state index contributed by atoms with van der Waals surface area (Å²) in [6.07, 6.45) is 6.73. The highest BCUT2D eigenvalue weighted by Crippen LogP contribution is 2.25. The van der Waals surface area contributed by atoms with Crippen molar-refractivity contribution in [1.82, 2.24) is 5.32 Å². The van der Waals surface area contributed by atoms with Gasteiger partial charge in [-0.15, -0.1) is 11.3 Å². The first-order chi connectivity index (χ1) is 9.31. The molecule has 0 saturated carbocycles. The van der Waals surface area contributed by atoms with Crippen molar-refractivity contribution in [3.8, 4) is 0 Å². The van der Waals surface area contributed by atoms with E-state index >= 15 is 0 Å². The molecule has 0 aliphatic carbocycles. The van der Waals surface area contributed by atoms with Gasteiger partial charge in [0.15, 0.2) is 0 Å². The fourth-order valence-corrected chi connectivity index (χ4v) is 3.40. The van der Waals surface area contributed by atoms with Crippen LogP contribution in [0.25, 0.3) is 10.1 Å². The Labute approximate surface area is 121 Å². The molecule has 0 aliphatic heterocycles. The molecule has 2 aromatic rings. The van der Waals surface area contributed by atoms with Gasteiger partial charge in [0.05, 0.1) is 0 Å². The third kappa shape index (κ3) is 4.32. The number of hydrogen-bond donors (Lipinski definition) is 1. The summed E-state index contributed by atoms with van der Waals surface area (Å²) < 4.78 is 1.40. The van der Waals surface area contributed by atoms with E-state index in [9.17, 15) is 0 Å². The molecule has 0 saturated heterocycles. The van der Waals surface area contributed by atoms with Crippen molar-refractivity contribution in [2.75, 3.05) is 0 Å². The van der Waals surface area contributed by atoms with Crippen molar-refractivity contribution < 1.29 is 0 Å². The van der Waals surface area contributed by atoms with Crippen LogP contribution in [0.2, 0.25) is 0 Å². The van der Waals surface area contributed by atoms with Gasteiger partial charge in [0.2, 0.25) is 0 Å². The van der Waals surface area contributed by atoms with E-state index in [0.717, 1.165) is 6.54 Å². The van der Waals surface area contributed by atoms with Crippen molar-refractivity contribution in [1.29, 1.82) is 0 Å². The van der Waals surface area contributed by atoms with Crippen molar-refractivity contribution in [3.05, 3.63) is 35.2 Å². The molecular formula is C17H25NS. The van der Waals surface area contributed by atoms with Gasteiger partial charge >= 0.3 is 0 Å². The Morgan fingerprint density at radius 2 is 2.00 bits per heavy atom. The Bertz CT molecular complexity index is 489. The molecule has 104 valence electrons. The molecule has 1 atom stereocenters. The Morgan fingerprint density at radius 1 is 1.16 bits per heavy atom. The zero-order valence-electron chi connectivity index (χ0n) is 12.1. The lowest BCUT2D eigenvalue weighted by Crippen LogP contribution is -2.25. The fraction of sp³-hybridized carbons (Fsp3) is 0.529. The SMILES string of the molecule is CCCCCCC(C)NCc1csc2ccccc12. The van der Waals surface area contributed by atoms with Crippen LogP contribution in [-0.4, -0.2) is 6.04 Å². The van der Waals surface area contributed by atoms with E-state index < -0.39 is 0 Å². The van der Waals surface area contributed by atoms with Crippen molar-refractivity contribution in [2.24, 2.45) is 0 Å². The second-order valence-corrected chi connectivity index (χ2v) is 6.30. The van der Waals surface area contributed by atoms with Gasteiger partial charge in [0, 0.05) is 17.3 Å². The average molecular weight is 275 g/mol. The maximum absolute atomic E-state index is 3.66. The molecule has 1 aromatic carbocycles. The number of nitrogens with one attached hydrogen (secondary N) is 1. The van der Waals surface area contributed by atoms with Crippen LogP contribution in [0.1, 0.15) is 51.5 Å². The third-order valence-corrected chi connectivity index (χ3v) is 4.71. The lowest BCUT2D eigenvalue weighted by Gasteiger charge is -2.13. The van der Waals surface area contributed by atoms with Crippen LogP contribution >= 0.6 is 11.3 Å². The van der Waals surface area contributed by atoms with Crippen molar-refractivity contribution in [3.63, 3.8) is 0 Å². The highest BCUT2D eigenvalue weighted by atomic mass is 32.1. The molecular weight excluding hydrogens is 250 g/mol. The van der Waals surface area contributed by atoms with Crippen LogP contribution in [-0.2, 0) is 6.54 Å². The number of thiophene rings is 1. The topological polar surface area (TPSA) is 12.0 Å². The predicted molar refractivity (Wildman–Crippen MR) is 86.9 cm³/mol. The fourth-order valence-electron chi connectivity index (χ4n) is 2.43. The number of hydrogen-bond acceptors (Lipinski definition) is 2. The molecule has 0 fully saturated rings. The summed E-state index contributed by atoms with van der Waals surface area (Å²) in [5.74, 6) is 0. The van der Waals surface area contributed by atoms with Gasteiger partial charge in [-0.3, -0.25) is 0 Å². The molecule has 2 rings (SSSR count). The molecule has 1 aromatic heterocycles. The number of rotatable bonds is 8. The van der Waals surface area contributed by atoms with Crippen LogP contribution in [0.15, 0.2) is 29.6 Å². The minimum Gasteiger partial charge on any atom is -0.310 e. The highest BCUT2D eigenvalue weighted by Gasteiger charge is 2.05. The van der Waals surface area contributed by atoms with Crippen LogP contribution < -0.4 is 5.32 Å². The van der Waals surface area contributed by atoms with E-state index in [0.29, 0.717) is 6.04 Å². The van der Waals surface area contributed by atoms with E-state index in [2.05, 4.69) is 48.8 Å². The monoisotopic (exact) mass is 275 g/mol. The van der Waals surface area contributed by atoms with Crippen LogP contribution in [0.3, 0.4) is 0 Å². The molecule has 0 spiro atoms. The maximum Gasteiger partial charge on any atom is 0.0346 e. The minimum absolute atomic E-state index is 0.621. The second kappa shape index (κ2) is 7.66. The first kappa shape index (κ1) is 14.5. The Hall–Kier alpha value is -0.860. The summed E-state index contributed by atoms with van der Waals surface area (Å²) in [5, 5.41) is 7.37. The number of unbranched alkanes of at least 4 members (excludes halogenated alkanes) is 3. The zero-order chi connectivity index (χ0) is 13.5. The molecule has 0 bridgehead atoms. The predicted octanol–water partition coefficient (Wildman–Crippen LogP) is 5.35. The zero-order valence-corrected chi connectivity index (χ0v) is 12.9. The molecule has 2 heteroatoms. The van der Waals surface area contributed by atoms with E-state index in [4.69, 9.17) is 0 Å². The van der Waals surface area contributed by atoms with Crippen molar-refractivity contribution in [2.45, 2.75) is 58.5 Å². The molecule has 1 nitrogen and oxygen atoms in total. The van der Waals surface area contributed by atoms with Gasteiger partial charge in [0.25, 0.3) is 0 Å². The normalized spacial score (nSPS) is 12.9. The maximum atomic E-state index is 3.66. The summed E-state index contributed by atoms with van der Waals surface area (Å²) >= 11 is 1.85. The smallest absolute Gasteiger partial charge is 0.0346 e. The molecule has 0 amide bonds. The molecule has 19 heavy (non-hydrogen) atoms. The lowest BCUT2D eigenvalue weighted by atomic mass is 10.1. The van der Waals surface area contributed by atoms with Gasteiger partial charge in [-0.2, -0.15) is 0 Å². The molecule has 0 aliphatic rings. The summed E-state index contributed by atoms with van der Waals surface area (Å²) in [6, 6.07) is 9.31. The van der Waals surface area contributed by atoms with Gasteiger partial charge < -0.3 is 5.32 Å². The van der Waals surface area contributed by atoms with E-state index in [1.807, 2.05) is 11.3 Å². The first-order valence-corrected chi connectivity index (χ1v) is 8.37. The van der Waals surface area contributed by atoms with Crippen LogP contribution in [0.4, 0.5) is 0 Å². The molecule has 0 radical (unpaired) electrons. The quantitative estimate of drug-likeness (QED) is 0.640. The Morgan fingerprint density at radius 3 is 2.84 bits per heavy atom. The Kier molecular flexibility index (Phi) is 5.87.